The summed E-state index contributed by atoms with van der Waals surface area (Å²) in [5, 5.41) is 4.22. The largest absolute Gasteiger partial charge is 0.432 e. The minimum atomic E-state index is -4.38. The summed E-state index contributed by atoms with van der Waals surface area (Å²) in [6.07, 6.45) is -0.212. The smallest absolute Gasteiger partial charge is 0.338 e. The second-order valence-electron chi connectivity index (χ2n) is 6.47. The molecule has 1 saturated heterocycles. The molecule has 3 heterocycles. The quantitative estimate of drug-likeness (QED) is 0.928. The molecule has 1 fully saturated rings. The molecule has 132 valence electrons. The number of hydrogen-bond acceptors (Lipinski definition) is 4. The third kappa shape index (κ3) is 3.61. The molecule has 0 saturated carbocycles. The van der Waals surface area contributed by atoms with E-state index < -0.39 is 11.9 Å². The lowest BCUT2D eigenvalue weighted by atomic mass is 9.97. The molecule has 1 aliphatic heterocycles. The van der Waals surface area contributed by atoms with E-state index in [-0.39, 0.29) is 12.0 Å². The van der Waals surface area contributed by atoms with Crippen molar-refractivity contribution in [2.24, 2.45) is 0 Å². The van der Waals surface area contributed by atoms with Crippen molar-refractivity contribution in [1.82, 2.24) is 29.6 Å². The molecule has 6 nitrogen and oxygen atoms in total. The summed E-state index contributed by atoms with van der Waals surface area (Å²) >= 11 is 0. The van der Waals surface area contributed by atoms with E-state index in [0.717, 1.165) is 31.4 Å². The maximum absolute atomic E-state index is 12.7. The van der Waals surface area contributed by atoms with Crippen molar-refractivity contribution in [1.29, 1.82) is 0 Å². The van der Waals surface area contributed by atoms with Gasteiger partial charge in [0.25, 0.3) is 0 Å². The molecular formula is C15H21F3N6. The van der Waals surface area contributed by atoms with Gasteiger partial charge in [0.05, 0.1) is 12.7 Å². The summed E-state index contributed by atoms with van der Waals surface area (Å²) in [6.45, 7) is 6.28. The lowest BCUT2D eigenvalue weighted by molar-refractivity contribution is -0.141. The number of rotatable bonds is 4. The molecule has 0 aromatic carbocycles. The van der Waals surface area contributed by atoms with Crippen molar-refractivity contribution in [3.05, 3.63) is 29.9 Å². The van der Waals surface area contributed by atoms with Gasteiger partial charge in [0, 0.05) is 18.5 Å². The number of piperidine rings is 1. The zero-order chi connectivity index (χ0) is 17.3. The molecule has 1 unspecified atom stereocenters. The Morgan fingerprint density at radius 1 is 1.33 bits per heavy atom. The van der Waals surface area contributed by atoms with Crippen LogP contribution in [-0.2, 0) is 12.7 Å². The number of H-pyrrole nitrogens is 1. The molecule has 1 N–H and O–H groups in total. The number of nitrogens with one attached hydrogen (secondary N) is 1. The monoisotopic (exact) mass is 342 g/mol. The normalized spacial score (nSPS) is 20.0. The molecule has 1 aliphatic rings. The fraction of sp³-hybridized carbons (Fsp3) is 0.667. The molecule has 2 aromatic rings. The highest BCUT2D eigenvalue weighted by Gasteiger charge is 2.34. The van der Waals surface area contributed by atoms with E-state index in [1.807, 2.05) is 18.5 Å². The van der Waals surface area contributed by atoms with Crippen LogP contribution in [0.25, 0.3) is 0 Å². The van der Waals surface area contributed by atoms with E-state index >= 15 is 0 Å². The summed E-state index contributed by atoms with van der Waals surface area (Å²) in [5.74, 6) is 1.27. The second-order valence-corrected chi connectivity index (χ2v) is 6.47. The van der Waals surface area contributed by atoms with Gasteiger partial charge in [0.1, 0.15) is 23.7 Å². The number of aromatic nitrogens is 5. The van der Waals surface area contributed by atoms with E-state index in [1.54, 1.807) is 6.33 Å². The van der Waals surface area contributed by atoms with Crippen LogP contribution < -0.4 is 0 Å². The van der Waals surface area contributed by atoms with E-state index in [1.165, 1.54) is 0 Å². The molecular weight excluding hydrogens is 321 g/mol. The molecule has 0 amide bonds. The zero-order valence-electron chi connectivity index (χ0n) is 13.7. The Kier molecular flexibility index (Phi) is 4.62. The summed E-state index contributed by atoms with van der Waals surface area (Å²) in [5.41, 5.74) is -0.783. The highest BCUT2D eigenvalue weighted by molar-refractivity contribution is 5.10. The van der Waals surface area contributed by atoms with Crippen LogP contribution in [0.3, 0.4) is 0 Å². The number of likely N-dealkylation sites (tertiary alicyclic amines) is 1. The third-order valence-corrected chi connectivity index (χ3v) is 4.29. The molecule has 1 atom stereocenters. The van der Waals surface area contributed by atoms with Crippen molar-refractivity contribution >= 4 is 0 Å². The number of aromatic amines is 1. The van der Waals surface area contributed by atoms with Crippen molar-refractivity contribution in [3.63, 3.8) is 0 Å². The van der Waals surface area contributed by atoms with Crippen LogP contribution >= 0.6 is 0 Å². The van der Waals surface area contributed by atoms with Gasteiger partial charge < -0.3 is 4.98 Å². The lowest BCUT2D eigenvalue weighted by Gasteiger charge is -2.31. The SMILES string of the molecule is CC(C)n1ncnc1CN1CCCC(c2ncc(C(F)(F)F)[nH]2)C1. The highest BCUT2D eigenvalue weighted by atomic mass is 19.4. The standard InChI is InChI=1S/C15H21F3N6/c1-10(2)24-13(20-9-21-24)8-23-5-3-4-11(7-23)14-19-6-12(22-14)15(16,17)18/h6,9-11H,3-5,7-8H2,1-2H3,(H,19,22). The Labute approximate surface area is 138 Å². The molecule has 3 rings (SSSR count). The summed E-state index contributed by atoms with van der Waals surface area (Å²) in [6, 6.07) is 0.225. The summed E-state index contributed by atoms with van der Waals surface area (Å²) in [7, 11) is 0. The molecule has 9 heteroatoms. The van der Waals surface area contributed by atoms with E-state index in [9.17, 15) is 13.2 Å². The third-order valence-electron chi connectivity index (χ3n) is 4.29. The topological polar surface area (TPSA) is 62.6 Å². The van der Waals surface area contributed by atoms with E-state index in [0.29, 0.717) is 18.9 Å². The highest BCUT2D eigenvalue weighted by Crippen LogP contribution is 2.31. The Morgan fingerprint density at radius 3 is 2.79 bits per heavy atom. The summed E-state index contributed by atoms with van der Waals surface area (Å²) < 4.78 is 40.0. The first-order valence-electron chi connectivity index (χ1n) is 8.07. The van der Waals surface area contributed by atoms with Crippen molar-refractivity contribution < 1.29 is 13.2 Å². The first-order valence-corrected chi connectivity index (χ1v) is 8.07. The molecule has 0 bridgehead atoms. The Bertz CT molecular complexity index is 675. The average Bonchev–Trinajstić information content (AvgIpc) is 3.16. The maximum atomic E-state index is 12.7. The molecule has 0 radical (unpaired) electrons. The Hall–Kier alpha value is -1.90. The average molecular weight is 342 g/mol. The van der Waals surface area contributed by atoms with Gasteiger partial charge in [-0.2, -0.15) is 18.3 Å². The van der Waals surface area contributed by atoms with Crippen LogP contribution in [0.15, 0.2) is 12.5 Å². The lowest BCUT2D eigenvalue weighted by Crippen LogP contribution is -2.35. The van der Waals surface area contributed by atoms with Gasteiger partial charge in [-0.05, 0) is 33.2 Å². The second kappa shape index (κ2) is 6.54. The fourth-order valence-corrected chi connectivity index (χ4v) is 3.13. The first kappa shape index (κ1) is 16.9. The van der Waals surface area contributed by atoms with Crippen molar-refractivity contribution in [2.75, 3.05) is 13.1 Å². The van der Waals surface area contributed by atoms with Gasteiger partial charge >= 0.3 is 6.18 Å². The summed E-state index contributed by atoms with van der Waals surface area (Å²) in [4.78, 5) is 12.9. The van der Waals surface area contributed by atoms with Crippen LogP contribution in [0.4, 0.5) is 13.2 Å². The molecule has 0 aliphatic carbocycles. The number of halogens is 3. The van der Waals surface area contributed by atoms with E-state index in [2.05, 4.69) is 25.0 Å². The Balaban J connectivity index is 1.68. The molecule has 2 aromatic heterocycles. The van der Waals surface area contributed by atoms with Gasteiger partial charge in [0.15, 0.2) is 0 Å². The van der Waals surface area contributed by atoms with Gasteiger partial charge in [-0.25, -0.2) is 14.6 Å². The van der Waals surface area contributed by atoms with Gasteiger partial charge in [-0.1, -0.05) is 0 Å². The Morgan fingerprint density at radius 2 is 2.12 bits per heavy atom. The van der Waals surface area contributed by atoms with E-state index in [4.69, 9.17) is 0 Å². The number of alkyl halides is 3. The van der Waals surface area contributed by atoms with Crippen molar-refractivity contribution in [3.8, 4) is 0 Å². The van der Waals surface area contributed by atoms with Gasteiger partial charge in [-0.3, -0.25) is 4.90 Å². The predicted octanol–water partition coefficient (Wildman–Crippen LogP) is 2.98. The van der Waals surface area contributed by atoms with Crippen LogP contribution in [-0.4, -0.2) is 42.7 Å². The molecule has 24 heavy (non-hydrogen) atoms. The van der Waals surface area contributed by atoms with Crippen LogP contribution in [0, 0.1) is 0 Å². The number of nitrogens with zero attached hydrogens (tertiary/aromatic N) is 5. The van der Waals surface area contributed by atoms with Crippen molar-refractivity contribution in [2.45, 2.75) is 51.4 Å². The minimum Gasteiger partial charge on any atom is -0.338 e. The first-order chi connectivity index (χ1) is 11.3. The van der Waals surface area contributed by atoms with Crippen LogP contribution in [0.5, 0.6) is 0 Å². The zero-order valence-corrected chi connectivity index (χ0v) is 13.7. The van der Waals surface area contributed by atoms with Crippen LogP contribution in [0.1, 0.15) is 56.0 Å². The molecule has 0 spiro atoms. The predicted molar refractivity (Wildman–Crippen MR) is 81.2 cm³/mol. The fourth-order valence-electron chi connectivity index (χ4n) is 3.13. The maximum Gasteiger partial charge on any atom is 0.432 e. The van der Waals surface area contributed by atoms with Gasteiger partial charge in [-0.15, -0.1) is 0 Å². The number of imidazole rings is 1. The number of hydrogen-bond donors (Lipinski definition) is 1. The minimum absolute atomic E-state index is 0.0229. The van der Waals surface area contributed by atoms with Crippen LogP contribution in [0.2, 0.25) is 0 Å². The van der Waals surface area contributed by atoms with Gasteiger partial charge in [0.2, 0.25) is 0 Å².